The van der Waals surface area contributed by atoms with Crippen molar-refractivity contribution in [1.29, 1.82) is 0 Å². The second-order valence-electron chi connectivity index (χ2n) is 6.31. The zero-order valence-corrected chi connectivity index (χ0v) is 15.2. The summed E-state index contributed by atoms with van der Waals surface area (Å²) in [4.78, 5) is 12.5. The number of anilines is 1. The van der Waals surface area contributed by atoms with Gasteiger partial charge in [-0.2, -0.15) is 8.42 Å². The van der Waals surface area contributed by atoms with E-state index in [-0.39, 0.29) is 23.2 Å². The Kier molecular flexibility index (Phi) is 5.24. The maximum Gasteiger partial charge on any atom is 0.297 e. The summed E-state index contributed by atoms with van der Waals surface area (Å²) >= 11 is 0. The molecule has 0 radical (unpaired) electrons. The maximum atomic E-state index is 12.3. The van der Waals surface area contributed by atoms with Crippen LogP contribution in [0.4, 0.5) is 11.4 Å². The van der Waals surface area contributed by atoms with Gasteiger partial charge >= 0.3 is 0 Å². The Bertz CT molecular complexity index is 879. The van der Waals surface area contributed by atoms with Gasteiger partial charge in [0.05, 0.1) is 22.5 Å². The molecule has 0 unspecified atom stereocenters. The average molecular weight is 376 g/mol. The summed E-state index contributed by atoms with van der Waals surface area (Å²) < 4.78 is 30.0. The highest BCUT2D eigenvalue weighted by molar-refractivity contribution is 7.86. The highest BCUT2D eigenvalue weighted by atomic mass is 32.2. The average Bonchev–Trinajstić information content (AvgIpc) is 3.09. The van der Waals surface area contributed by atoms with Gasteiger partial charge in [-0.05, 0) is 44.0 Å². The largest absolute Gasteiger partial charge is 0.366 e. The van der Waals surface area contributed by atoms with E-state index in [2.05, 4.69) is 0 Å². The standard InChI is InChI=1S/C18H20N2O5S/c1-14-4-10-18(11-5-14)26(23,24)25-13-17-3-2-12-19(17)15-6-8-16(9-7-15)20(21)22/h4-11,17H,2-3,12-13H2,1H3/t17-/m0/s1. The molecule has 0 bridgehead atoms. The molecule has 2 aromatic carbocycles. The zero-order chi connectivity index (χ0) is 18.7. The van der Waals surface area contributed by atoms with E-state index in [4.69, 9.17) is 4.18 Å². The van der Waals surface area contributed by atoms with Crippen LogP contribution in [-0.2, 0) is 14.3 Å². The van der Waals surface area contributed by atoms with E-state index in [9.17, 15) is 18.5 Å². The minimum absolute atomic E-state index is 0.0303. The van der Waals surface area contributed by atoms with Crippen LogP contribution in [0.15, 0.2) is 53.4 Å². The fraction of sp³-hybridized carbons (Fsp3) is 0.333. The lowest BCUT2D eigenvalue weighted by atomic mass is 10.2. The molecular formula is C18H20N2O5S. The van der Waals surface area contributed by atoms with Crippen LogP contribution in [0.3, 0.4) is 0 Å². The van der Waals surface area contributed by atoms with Crippen LogP contribution in [0.25, 0.3) is 0 Å². The Hall–Kier alpha value is -2.45. The number of non-ortho nitro benzene ring substituents is 1. The van der Waals surface area contributed by atoms with Crippen molar-refractivity contribution in [2.24, 2.45) is 0 Å². The predicted molar refractivity (Wildman–Crippen MR) is 97.8 cm³/mol. The number of benzene rings is 2. The van der Waals surface area contributed by atoms with Gasteiger partial charge in [0.1, 0.15) is 0 Å². The third-order valence-electron chi connectivity index (χ3n) is 4.49. The number of nitrogens with zero attached hydrogens (tertiary/aromatic N) is 2. The zero-order valence-electron chi connectivity index (χ0n) is 14.4. The Morgan fingerprint density at radius 1 is 1.15 bits per heavy atom. The van der Waals surface area contributed by atoms with Crippen molar-refractivity contribution in [3.8, 4) is 0 Å². The summed E-state index contributed by atoms with van der Waals surface area (Å²) in [6.07, 6.45) is 1.72. The van der Waals surface area contributed by atoms with Crippen molar-refractivity contribution in [3.05, 3.63) is 64.2 Å². The lowest BCUT2D eigenvalue weighted by molar-refractivity contribution is -0.384. The van der Waals surface area contributed by atoms with Crippen LogP contribution in [0.5, 0.6) is 0 Å². The Labute approximate surface area is 152 Å². The molecule has 0 N–H and O–H groups in total. The van der Waals surface area contributed by atoms with Crippen molar-refractivity contribution >= 4 is 21.5 Å². The first-order valence-electron chi connectivity index (χ1n) is 8.34. The Morgan fingerprint density at radius 3 is 2.42 bits per heavy atom. The highest BCUT2D eigenvalue weighted by Crippen LogP contribution is 2.28. The molecule has 1 fully saturated rings. The minimum Gasteiger partial charge on any atom is -0.366 e. The molecule has 1 heterocycles. The monoisotopic (exact) mass is 376 g/mol. The van der Waals surface area contributed by atoms with Crippen molar-refractivity contribution in [2.75, 3.05) is 18.1 Å². The van der Waals surface area contributed by atoms with Gasteiger partial charge in [-0.15, -0.1) is 0 Å². The van der Waals surface area contributed by atoms with E-state index in [0.717, 1.165) is 30.6 Å². The van der Waals surface area contributed by atoms with Crippen LogP contribution in [0.2, 0.25) is 0 Å². The number of hydrogen-bond acceptors (Lipinski definition) is 6. The first-order valence-corrected chi connectivity index (χ1v) is 9.75. The number of hydrogen-bond donors (Lipinski definition) is 0. The first-order chi connectivity index (χ1) is 12.4. The van der Waals surface area contributed by atoms with Crippen LogP contribution >= 0.6 is 0 Å². The smallest absolute Gasteiger partial charge is 0.297 e. The molecule has 3 rings (SSSR count). The van der Waals surface area contributed by atoms with Crippen LogP contribution in [0, 0.1) is 17.0 Å². The molecule has 8 heteroatoms. The highest BCUT2D eigenvalue weighted by Gasteiger charge is 2.28. The molecule has 2 aromatic rings. The quantitative estimate of drug-likeness (QED) is 0.437. The molecular weight excluding hydrogens is 356 g/mol. The molecule has 7 nitrogen and oxygen atoms in total. The van der Waals surface area contributed by atoms with Gasteiger partial charge in [-0.1, -0.05) is 17.7 Å². The second kappa shape index (κ2) is 7.43. The first kappa shape index (κ1) is 18.3. The normalized spacial score (nSPS) is 17.4. The number of rotatable bonds is 6. The van der Waals surface area contributed by atoms with E-state index in [1.165, 1.54) is 24.3 Å². The number of aryl methyl sites for hydroxylation is 1. The van der Waals surface area contributed by atoms with Crippen molar-refractivity contribution in [2.45, 2.75) is 30.7 Å². The summed E-state index contributed by atoms with van der Waals surface area (Å²) in [5.41, 5.74) is 1.83. The molecule has 1 aliphatic heterocycles. The summed E-state index contributed by atoms with van der Waals surface area (Å²) in [5, 5.41) is 10.8. The van der Waals surface area contributed by atoms with Crippen LogP contribution in [0.1, 0.15) is 18.4 Å². The SMILES string of the molecule is Cc1ccc(S(=O)(=O)OC[C@@H]2CCCN2c2ccc([N+](=O)[O-])cc2)cc1. The van der Waals surface area contributed by atoms with Gasteiger partial charge < -0.3 is 4.90 Å². The lowest BCUT2D eigenvalue weighted by Crippen LogP contribution is -2.33. The topological polar surface area (TPSA) is 89.8 Å². The fourth-order valence-corrected chi connectivity index (χ4v) is 4.00. The van der Waals surface area contributed by atoms with Crippen molar-refractivity contribution in [3.63, 3.8) is 0 Å². The van der Waals surface area contributed by atoms with Crippen LogP contribution in [-0.4, -0.2) is 32.5 Å². The van der Waals surface area contributed by atoms with E-state index < -0.39 is 15.0 Å². The molecule has 0 amide bonds. The lowest BCUT2D eigenvalue weighted by Gasteiger charge is -2.26. The molecule has 0 saturated carbocycles. The Morgan fingerprint density at radius 2 is 1.81 bits per heavy atom. The van der Waals surface area contributed by atoms with Gasteiger partial charge in [-0.3, -0.25) is 14.3 Å². The minimum atomic E-state index is -3.80. The molecule has 1 saturated heterocycles. The van der Waals surface area contributed by atoms with E-state index in [1.807, 2.05) is 11.8 Å². The Balaban J connectivity index is 1.69. The summed E-state index contributed by atoms with van der Waals surface area (Å²) in [6.45, 7) is 2.70. The van der Waals surface area contributed by atoms with E-state index in [1.54, 1.807) is 24.3 Å². The van der Waals surface area contributed by atoms with E-state index >= 15 is 0 Å². The van der Waals surface area contributed by atoms with Gasteiger partial charge in [0.2, 0.25) is 0 Å². The van der Waals surface area contributed by atoms with Crippen molar-refractivity contribution in [1.82, 2.24) is 0 Å². The molecule has 0 aromatic heterocycles. The maximum absolute atomic E-state index is 12.3. The van der Waals surface area contributed by atoms with Gasteiger partial charge in [0.25, 0.3) is 15.8 Å². The molecule has 1 atom stereocenters. The van der Waals surface area contributed by atoms with E-state index in [0.29, 0.717) is 0 Å². The molecule has 0 aliphatic carbocycles. The van der Waals surface area contributed by atoms with Crippen molar-refractivity contribution < 1.29 is 17.5 Å². The predicted octanol–water partition coefficient (Wildman–Crippen LogP) is 3.28. The number of nitro groups is 1. The summed E-state index contributed by atoms with van der Waals surface area (Å²) in [5.74, 6) is 0. The molecule has 0 spiro atoms. The fourth-order valence-electron chi connectivity index (χ4n) is 3.06. The second-order valence-corrected chi connectivity index (χ2v) is 7.93. The van der Waals surface area contributed by atoms with Crippen LogP contribution < -0.4 is 4.90 Å². The van der Waals surface area contributed by atoms with Gasteiger partial charge in [0, 0.05) is 24.4 Å². The summed E-state index contributed by atoms with van der Waals surface area (Å²) in [7, 11) is -3.80. The summed E-state index contributed by atoms with van der Waals surface area (Å²) in [6, 6.07) is 12.7. The molecule has 1 aliphatic rings. The molecule has 138 valence electrons. The van der Waals surface area contributed by atoms with Gasteiger partial charge in [0.15, 0.2) is 0 Å². The molecule has 26 heavy (non-hydrogen) atoms. The third kappa shape index (κ3) is 4.03. The van der Waals surface area contributed by atoms with Gasteiger partial charge in [-0.25, -0.2) is 0 Å². The third-order valence-corrected chi connectivity index (χ3v) is 5.79. The number of nitro benzene ring substituents is 1.